The third-order valence-corrected chi connectivity index (χ3v) is 5.99. The van der Waals surface area contributed by atoms with Crippen molar-refractivity contribution < 1.29 is 8.42 Å². The summed E-state index contributed by atoms with van der Waals surface area (Å²) in [5.74, 6) is 0. The van der Waals surface area contributed by atoms with Crippen LogP contribution in [0.2, 0.25) is 0 Å². The van der Waals surface area contributed by atoms with Crippen LogP contribution in [-0.2, 0) is 23.1 Å². The molecule has 0 fully saturated rings. The van der Waals surface area contributed by atoms with E-state index in [4.69, 9.17) is 5.73 Å². The molecule has 1 aromatic heterocycles. The van der Waals surface area contributed by atoms with Gasteiger partial charge >= 0.3 is 0 Å². The molecule has 2 aromatic rings. The number of benzene rings is 1. The van der Waals surface area contributed by atoms with Crippen LogP contribution >= 0.6 is 11.3 Å². The number of nitrogens with zero attached hydrogens (tertiary/aromatic N) is 2. The monoisotopic (exact) mass is 325 g/mol. The van der Waals surface area contributed by atoms with E-state index >= 15 is 0 Å². The number of hydrogen-bond acceptors (Lipinski definition) is 5. The van der Waals surface area contributed by atoms with Crippen molar-refractivity contribution in [2.24, 2.45) is 5.73 Å². The summed E-state index contributed by atoms with van der Waals surface area (Å²) >= 11 is 1.45. The molecule has 0 saturated heterocycles. The summed E-state index contributed by atoms with van der Waals surface area (Å²) in [6.07, 6.45) is 0. The van der Waals surface area contributed by atoms with E-state index in [1.165, 1.54) is 15.6 Å². The Hall–Kier alpha value is -1.28. The number of nitrogens with two attached hydrogens (primary N) is 1. The first kappa shape index (κ1) is 16.1. The van der Waals surface area contributed by atoms with Crippen LogP contribution in [0.1, 0.15) is 22.4 Å². The van der Waals surface area contributed by atoms with Gasteiger partial charge in [0.1, 0.15) is 0 Å². The normalized spacial score (nSPS) is 12.0. The molecule has 0 aliphatic carbocycles. The van der Waals surface area contributed by atoms with E-state index < -0.39 is 10.0 Å². The van der Waals surface area contributed by atoms with Gasteiger partial charge in [0.2, 0.25) is 10.0 Å². The molecule has 0 amide bonds. The molecule has 2 rings (SSSR count). The first-order valence-corrected chi connectivity index (χ1v) is 8.88. The Kier molecular flexibility index (Phi) is 4.77. The van der Waals surface area contributed by atoms with Crippen molar-refractivity contribution in [3.05, 3.63) is 45.4 Å². The van der Waals surface area contributed by atoms with Crippen molar-refractivity contribution in [3.63, 3.8) is 0 Å². The summed E-state index contributed by atoms with van der Waals surface area (Å²) in [5, 5.41) is 1.85. The smallest absolute Gasteiger partial charge is 0.243 e. The highest BCUT2D eigenvalue weighted by atomic mass is 32.2. The number of thiazole rings is 1. The molecule has 114 valence electrons. The topological polar surface area (TPSA) is 76.3 Å². The summed E-state index contributed by atoms with van der Waals surface area (Å²) in [7, 11) is -1.99. The van der Waals surface area contributed by atoms with Gasteiger partial charge in [-0.15, -0.1) is 11.3 Å². The highest BCUT2D eigenvalue weighted by Crippen LogP contribution is 2.24. The lowest BCUT2D eigenvalue weighted by Crippen LogP contribution is -2.27. The zero-order valence-corrected chi connectivity index (χ0v) is 14.0. The average molecular weight is 325 g/mol. The standard InChI is InChI=1S/C14H19N3O2S2/c1-10-4-11(2)14(5-12(10)6-15)21(18,19)17(3)7-13-8-20-9-16-13/h4-5,8-9H,6-7,15H2,1-3H3. The zero-order valence-electron chi connectivity index (χ0n) is 12.3. The number of rotatable bonds is 5. The van der Waals surface area contributed by atoms with E-state index in [9.17, 15) is 8.42 Å². The summed E-state index contributed by atoms with van der Waals surface area (Å²) in [5.41, 5.74) is 10.7. The number of sulfonamides is 1. The van der Waals surface area contributed by atoms with E-state index in [0.717, 1.165) is 22.4 Å². The Morgan fingerprint density at radius 2 is 2.00 bits per heavy atom. The molecular formula is C14H19N3O2S2. The molecule has 1 aromatic carbocycles. The van der Waals surface area contributed by atoms with E-state index in [1.54, 1.807) is 25.5 Å². The van der Waals surface area contributed by atoms with Crippen molar-refractivity contribution in [1.82, 2.24) is 9.29 Å². The van der Waals surface area contributed by atoms with Crippen LogP contribution in [0.15, 0.2) is 27.9 Å². The Balaban J connectivity index is 2.39. The second kappa shape index (κ2) is 6.23. The van der Waals surface area contributed by atoms with Crippen molar-refractivity contribution >= 4 is 21.4 Å². The largest absolute Gasteiger partial charge is 0.326 e. The molecule has 7 heteroatoms. The molecule has 0 bridgehead atoms. The molecule has 0 saturated carbocycles. The molecule has 0 unspecified atom stereocenters. The maximum atomic E-state index is 12.7. The van der Waals surface area contributed by atoms with Gasteiger partial charge in [-0.05, 0) is 36.6 Å². The number of aryl methyl sites for hydroxylation is 2. The predicted molar refractivity (Wildman–Crippen MR) is 84.6 cm³/mol. The molecule has 1 heterocycles. The molecule has 0 aliphatic heterocycles. The third kappa shape index (κ3) is 3.32. The fraction of sp³-hybridized carbons (Fsp3) is 0.357. The van der Waals surface area contributed by atoms with E-state index in [2.05, 4.69) is 4.98 Å². The molecular weight excluding hydrogens is 306 g/mol. The lowest BCUT2D eigenvalue weighted by molar-refractivity contribution is 0.462. The predicted octanol–water partition coefficient (Wildman–Crippen LogP) is 2.04. The van der Waals surface area contributed by atoms with Gasteiger partial charge in [-0.25, -0.2) is 13.4 Å². The van der Waals surface area contributed by atoms with Crippen molar-refractivity contribution in [1.29, 1.82) is 0 Å². The van der Waals surface area contributed by atoms with Gasteiger partial charge in [0, 0.05) is 19.0 Å². The molecule has 2 N–H and O–H groups in total. The van der Waals surface area contributed by atoms with Crippen LogP contribution in [0.4, 0.5) is 0 Å². The maximum absolute atomic E-state index is 12.7. The van der Waals surface area contributed by atoms with Crippen LogP contribution in [-0.4, -0.2) is 24.8 Å². The Bertz CT molecular complexity index is 725. The average Bonchev–Trinajstić information content (AvgIpc) is 2.91. The first-order chi connectivity index (χ1) is 9.86. The van der Waals surface area contributed by atoms with Gasteiger partial charge in [-0.1, -0.05) is 6.07 Å². The van der Waals surface area contributed by atoms with Gasteiger partial charge in [0.15, 0.2) is 0 Å². The number of hydrogen-bond donors (Lipinski definition) is 1. The number of aromatic nitrogens is 1. The Labute approximate surface area is 129 Å². The van der Waals surface area contributed by atoms with E-state index in [-0.39, 0.29) is 6.54 Å². The van der Waals surface area contributed by atoms with Gasteiger partial charge in [0.05, 0.1) is 22.6 Å². The molecule has 0 aliphatic rings. The Morgan fingerprint density at radius 1 is 1.29 bits per heavy atom. The highest BCUT2D eigenvalue weighted by Gasteiger charge is 2.24. The van der Waals surface area contributed by atoms with Gasteiger partial charge in [-0.3, -0.25) is 0 Å². The van der Waals surface area contributed by atoms with Gasteiger partial charge in [0.25, 0.3) is 0 Å². The fourth-order valence-electron chi connectivity index (χ4n) is 2.17. The van der Waals surface area contributed by atoms with Crippen molar-refractivity contribution in [2.45, 2.75) is 31.8 Å². The fourth-order valence-corrected chi connectivity index (χ4v) is 4.11. The molecule has 0 radical (unpaired) electrons. The summed E-state index contributed by atoms with van der Waals surface area (Å²) < 4.78 is 26.8. The molecule has 5 nitrogen and oxygen atoms in total. The molecule has 0 atom stereocenters. The van der Waals surface area contributed by atoms with Crippen LogP contribution in [0.25, 0.3) is 0 Å². The van der Waals surface area contributed by atoms with Crippen molar-refractivity contribution in [3.8, 4) is 0 Å². The summed E-state index contributed by atoms with van der Waals surface area (Å²) in [6, 6.07) is 3.54. The second-order valence-corrected chi connectivity index (χ2v) is 7.72. The summed E-state index contributed by atoms with van der Waals surface area (Å²) in [6.45, 7) is 4.32. The van der Waals surface area contributed by atoms with Crippen LogP contribution < -0.4 is 5.73 Å². The minimum Gasteiger partial charge on any atom is -0.326 e. The van der Waals surface area contributed by atoms with Crippen molar-refractivity contribution in [2.75, 3.05) is 7.05 Å². The summed E-state index contributed by atoms with van der Waals surface area (Å²) in [4.78, 5) is 4.44. The van der Waals surface area contributed by atoms with Gasteiger partial charge < -0.3 is 5.73 Å². The quantitative estimate of drug-likeness (QED) is 0.912. The highest BCUT2D eigenvalue weighted by molar-refractivity contribution is 7.89. The van der Waals surface area contributed by atoms with Gasteiger partial charge in [-0.2, -0.15) is 4.31 Å². The maximum Gasteiger partial charge on any atom is 0.243 e. The lowest BCUT2D eigenvalue weighted by atomic mass is 10.1. The molecule has 21 heavy (non-hydrogen) atoms. The second-order valence-electron chi connectivity index (χ2n) is 4.99. The van der Waals surface area contributed by atoms with Crippen LogP contribution in [0.3, 0.4) is 0 Å². The van der Waals surface area contributed by atoms with E-state index in [0.29, 0.717) is 11.4 Å². The lowest BCUT2D eigenvalue weighted by Gasteiger charge is -2.19. The zero-order chi connectivity index (χ0) is 15.6. The van der Waals surface area contributed by atoms with Crippen LogP contribution in [0.5, 0.6) is 0 Å². The van der Waals surface area contributed by atoms with E-state index in [1.807, 2.05) is 18.4 Å². The first-order valence-electron chi connectivity index (χ1n) is 6.50. The van der Waals surface area contributed by atoms with Crippen LogP contribution in [0, 0.1) is 13.8 Å². The molecule has 0 spiro atoms. The Morgan fingerprint density at radius 3 is 2.57 bits per heavy atom. The minimum atomic E-state index is -3.55. The third-order valence-electron chi connectivity index (χ3n) is 3.41. The minimum absolute atomic E-state index is 0.261. The SMILES string of the molecule is Cc1cc(C)c(S(=O)(=O)N(C)Cc2cscn2)cc1CN.